The molecule has 2 atom stereocenters. The lowest BCUT2D eigenvalue weighted by molar-refractivity contribution is -0.159. The number of carbonyl (C=O) groups excluding carboxylic acids is 1. The molecule has 2 rings (SSSR count). The number of esters is 1. The zero-order valence-corrected chi connectivity index (χ0v) is 9.96. The quantitative estimate of drug-likeness (QED) is 0.733. The molecule has 0 aliphatic carbocycles. The largest absolute Gasteiger partial charge is 0.462 e. The Morgan fingerprint density at radius 1 is 1.56 bits per heavy atom. The minimum Gasteiger partial charge on any atom is -0.462 e. The number of hydrogen-bond acceptors (Lipinski definition) is 4. The van der Waals surface area contributed by atoms with Gasteiger partial charge in [0.1, 0.15) is 6.61 Å². The highest BCUT2D eigenvalue weighted by Crippen LogP contribution is 2.27. The van der Waals surface area contributed by atoms with Crippen LogP contribution in [0.1, 0.15) is 32.6 Å². The van der Waals surface area contributed by atoms with E-state index in [0.29, 0.717) is 6.61 Å². The Kier molecular flexibility index (Phi) is 3.82. The minimum atomic E-state index is -0.336. The van der Waals surface area contributed by atoms with Gasteiger partial charge in [0, 0.05) is 13.2 Å². The molecule has 92 valence electrons. The Morgan fingerprint density at radius 3 is 3.06 bits per heavy atom. The van der Waals surface area contributed by atoms with Crippen molar-refractivity contribution in [3.8, 4) is 0 Å². The van der Waals surface area contributed by atoms with Gasteiger partial charge in [0.15, 0.2) is 0 Å². The first-order chi connectivity index (χ1) is 7.71. The van der Waals surface area contributed by atoms with Crippen molar-refractivity contribution in [3.05, 3.63) is 0 Å². The molecule has 0 amide bonds. The van der Waals surface area contributed by atoms with Gasteiger partial charge in [-0.3, -0.25) is 4.79 Å². The smallest absolute Gasteiger partial charge is 0.313 e. The Balaban J connectivity index is 1.77. The highest BCUT2D eigenvalue weighted by atomic mass is 16.6. The highest BCUT2D eigenvalue weighted by molar-refractivity contribution is 5.76. The van der Waals surface area contributed by atoms with Crippen molar-refractivity contribution in [3.63, 3.8) is 0 Å². The minimum absolute atomic E-state index is 0.0739. The van der Waals surface area contributed by atoms with Gasteiger partial charge in [-0.1, -0.05) is 0 Å². The van der Waals surface area contributed by atoms with Crippen LogP contribution in [0.25, 0.3) is 0 Å². The van der Waals surface area contributed by atoms with E-state index in [1.807, 2.05) is 6.92 Å². The molecule has 1 N–H and O–H groups in total. The number of hydrogen-bond donors (Lipinski definition) is 1. The number of nitrogens with one attached hydrogen (secondary N) is 1. The molecule has 0 radical (unpaired) electrons. The van der Waals surface area contributed by atoms with Gasteiger partial charge in [-0.2, -0.15) is 0 Å². The van der Waals surface area contributed by atoms with E-state index < -0.39 is 0 Å². The average Bonchev–Trinajstić information content (AvgIpc) is 2.79. The molecule has 2 fully saturated rings. The summed E-state index contributed by atoms with van der Waals surface area (Å²) in [6.45, 7) is 4.96. The van der Waals surface area contributed by atoms with Gasteiger partial charge in [0.25, 0.3) is 0 Å². The van der Waals surface area contributed by atoms with Crippen LogP contribution in [0.2, 0.25) is 0 Å². The van der Waals surface area contributed by atoms with Crippen molar-refractivity contribution in [1.82, 2.24) is 5.32 Å². The topological polar surface area (TPSA) is 47.6 Å². The lowest BCUT2D eigenvalue weighted by Crippen LogP contribution is -2.44. The molecule has 4 nitrogen and oxygen atoms in total. The van der Waals surface area contributed by atoms with Crippen LogP contribution in [0.4, 0.5) is 0 Å². The molecule has 0 bridgehead atoms. The van der Waals surface area contributed by atoms with Crippen LogP contribution in [0.5, 0.6) is 0 Å². The Bertz CT molecular complexity index is 243. The third-order valence-corrected chi connectivity index (χ3v) is 3.51. The van der Waals surface area contributed by atoms with Gasteiger partial charge >= 0.3 is 5.97 Å². The molecule has 16 heavy (non-hydrogen) atoms. The molecule has 2 unspecified atom stereocenters. The maximum atomic E-state index is 12.0. The summed E-state index contributed by atoms with van der Waals surface area (Å²) in [5.41, 5.74) is -0.336. The summed E-state index contributed by atoms with van der Waals surface area (Å²) in [5, 5.41) is 3.25. The first kappa shape index (κ1) is 11.9. The number of piperidine rings is 1. The van der Waals surface area contributed by atoms with Crippen LogP contribution in [0, 0.1) is 5.41 Å². The second kappa shape index (κ2) is 5.15. The molecule has 2 aliphatic rings. The molecule has 0 aromatic carbocycles. The van der Waals surface area contributed by atoms with E-state index in [1.165, 1.54) is 0 Å². The van der Waals surface area contributed by atoms with Gasteiger partial charge < -0.3 is 14.8 Å². The lowest BCUT2D eigenvalue weighted by atomic mass is 9.83. The van der Waals surface area contributed by atoms with Crippen LogP contribution in [-0.4, -0.2) is 38.4 Å². The van der Waals surface area contributed by atoms with Crippen LogP contribution in [0.15, 0.2) is 0 Å². The van der Waals surface area contributed by atoms with Crippen molar-refractivity contribution in [1.29, 1.82) is 0 Å². The van der Waals surface area contributed by atoms with E-state index >= 15 is 0 Å². The standard InChI is InChI=1S/C12H21NO3/c1-12(5-3-6-13-9-12)11(14)16-8-10-4-2-7-15-10/h10,13H,2-9H2,1H3. The molecule has 0 saturated carbocycles. The first-order valence-electron chi connectivity index (χ1n) is 6.20. The van der Waals surface area contributed by atoms with Crippen LogP contribution in [0.3, 0.4) is 0 Å². The summed E-state index contributed by atoms with van der Waals surface area (Å²) < 4.78 is 10.8. The third-order valence-electron chi connectivity index (χ3n) is 3.51. The van der Waals surface area contributed by atoms with Crippen LogP contribution in [-0.2, 0) is 14.3 Å². The van der Waals surface area contributed by atoms with Gasteiger partial charge in [0.05, 0.1) is 11.5 Å². The summed E-state index contributed by atoms with van der Waals surface area (Å²) >= 11 is 0. The molecule has 0 aromatic rings. The third kappa shape index (κ3) is 2.74. The fraction of sp³-hybridized carbons (Fsp3) is 0.917. The summed E-state index contributed by atoms with van der Waals surface area (Å²) in [6.07, 6.45) is 4.20. The van der Waals surface area contributed by atoms with Crippen LogP contribution >= 0.6 is 0 Å². The average molecular weight is 227 g/mol. The normalized spacial score (nSPS) is 34.9. The van der Waals surface area contributed by atoms with Gasteiger partial charge in [0.2, 0.25) is 0 Å². The second-order valence-electron chi connectivity index (χ2n) is 5.07. The van der Waals surface area contributed by atoms with Crippen molar-refractivity contribution in [2.24, 2.45) is 5.41 Å². The van der Waals surface area contributed by atoms with E-state index in [2.05, 4.69) is 5.32 Å². The van der Waals surface area contributed by atoms with Gasteiger partial charge in [-0.15, -0.1) is 0 Å². The predicted molar refractivity (Wildman–Crippen MR) is 60.1 cm³/mol. The van der Waals surface area contributed by atoms with Crippen LogP contribution < -0.4 is 5.32 Å². The number of carbonyl (C=O) groups is 1. The monoisotopic (exact) mass is 227 g/mol. The molecular formula is C12H21NO3. The molecule has 2 aliphatic heterocycles. The molecule has 4 heteroatoms. The summed E-state index contributed by atoms with van der Waals surface area (Å²) in [6, 6.07) is 0. The highest BCUT2D eigenvalue weighted by Gasteiger charge is 2.36. The Labute approximate surface area is 96.7 Å². The van der Waals surface area contributed by atoms with Crippen molar-refractivity contribution >= 4 is 5.97 Å². The fourth-order valence-electron chi connectivity index (χ4n) is 2.35. The molecular weight excluding hydrogens is 206 g/mol. The molecule has 2 heterocycles. The van der Waals surface area contributed by atoms with E-state index in [4.69, 9.17) is 9.47 Å². The maximum absolute atomic E-state index is 12.0. The summed E-state index contributed by atoms with van der Waals surface area (Å²) in [5.74, 6) is -0.0739. The van der Waals surface area contributed by atoms with E-state index in [9.17, 15) is 4.79 Å². The molecule has 0 spiro atoms. The van der Waals surface area contributed by atoms with Crippen molar-refractivity contribution < 1.29 is 14.3 Å². The summed E-state index contributed by atoms with van der Waals surface area (Å²) in [7, 11) is 0. The summed E-state index contributed by atoms with van der Waals surface area (Å²) in [4.78, 5) is 12.0. The van der Waals surface area contributed by atoms with E-state index in [-0.39, 0.29) is 17.5 Å². The van der Waals surface area contributed by atoms with Crippen molar-refractivity contribution in [2.75, 3.05) is 26.3 Å². The SMILES string of the molecule is CC1(C(=O)OCC2CCCO2)CCCNC1. The van der Waals surface area contributed by atoms with Gasteiger partial charge in [-0.25, -0.2) is 0 Å². The Morgan fingerprint density at radius 2 is 2.44 bits per heavy atom. The zero-order valence-electron chi connectivity index (χ0n) is 9.96. The lowest BCUT2D eigenvalue weighted by Gasteiger charge is -2.31. The van der Waals surface area contributed by atoms with Crippen molar-refractivity contribution in [2.45, 2.75) is 38.7 Å². The predicted octanol–water partition coefficient (Wildman–Crippen LogP) is 1.10. The van der Waals surface area contributed by atoms with E-state index in [1.54, 1.807) is 0 Å². The van der Waals surface area contributed by atoms with E-state index in [0.717, 1.165) is 45.4 Å². The maximum Gasteiger partial charge on any atom is 0.313 e. The first-order valence-corrected chi connectivity index (χ1v) is 6.20. The molecule has 2 saturated heterocycles. The number of ether oxygens (including phenoxy) is 2. The second-order valence-corrected chi connectivity index (χ2v) is 5.07. The fourth-order valence-corrected chi connectivity index (χ4v) is 2.35. The number of rotatable bonds is 3. The zero-order chi connectivity index (χ0) is 11.4. The Hall–Kier alpha value is -0.610. The van der Waals surface area contributed by atoms with Gasteiger partial charge in [-0.05, 0) is 39.2 Å². The molecule has 0 aromatic heterocycles.